The van der Waals surface area contributed by atoms with Crippen LogP contribution in [0, 0.1) is 6.92 Å². The second-order valence-corrected chi connectivity index (χ2v) is 2.92. The zero-order valence-corrected chi connectivity index (χ0v) is 7.81. The zero-order valence-electron chi connectivity index (χ0n) is 6.22. The van der Waals surface area contributed by atoms with Crippen LogP contribution in [-0.4, -0.2) is 11.6 Å². The highest BCUT2D eigenvalue weighted by molar-refractivity contribution is 9.10. The molecule has 1 heterocycles. The van der Waals surface area contributed by atoms with E-state index >= 15 is 0 Å². The number of aryl methyl sites for hydroxylation is 1. The van der Waals surface area contributed by atoms with Gasteiger partial charge in [-0.3, -0.25) is 0 Å². The molecule has 1 aromatic heterocycles. The quantitative estimate of drug-likeness (QED) is 0.790. The lowest BCUT2D eigenvalue weighted by Gasteiger charge is -2.06. The van der Waals surface area contributed by atoms with Gasteiger partial charge < -0.3 is 4.74 Å². The summed E-state index contributed by atoms with van der Waals surface area (Å²) in [6.45, 7) is -1.07. The number of rotatable bonds is 2. The molecule has 12 heavy (non-hydrogen) atoms. The van der Waals surface area contributed by atoms with Crippen molar-refractivity contribution >= 4 is 15.9 Å². The van der Waals surface area contributed by atoms with E-state index in [2.05, 4.69) is 25.7 Å². The molecule has 0 radical (unpaired) electrons. The minimum Gasteiger partial charge on any atom is -0.416 e. The number of alkyl halides is 2. The van der Waals surface area contributed by atoms with E-state index < -0.39 is 6.61 Å². The molecule has 0 aliphatic carbocycles. The van der Waals surface area contributed by atoms with Gasteiger partial charge >= 0.3 is 6.61 Å². The van der Waals surface area contributed by atoms with Gasteiger partial charge in [0.1, 0.15) is 0 Å². The van der Waals surface area contributed by atoms with Gasteiger partial charge in [-0.05, 0) is 34.5 Å². The maximum Gasteiger partial charge on any atom is 0.388 e. The number of ether oxygens (including phenoxy) is 1. The van der Waals surface area contributed by atoms with E-state index in [-0.39, 0.29) is 5.88 Å². The fourth-order valence-corrected chi connectivity index (χ4v) is 1.01. The number of pyridine rings is 1. The average molecular weight is 238 g/mol. The van der Waals surface area contributed by atoms with Crippen LogP contribution in [0.3, 0.4) is 0 Å². The van der Waals surface area contributed by atoms with Crippen molar-refractivity contribution < 1.29 is 13.5 Å². The predicted octanol–water partition coefficient (Wildman–Crippen LogP) is 2.75. The van der Waals surface area contributed by atoms with Crippen LogP contribution in [0.5, 0.6) is 5.88 Å². The minimum absolute atomic E-state index is 0.0787. The highest BCUT2D eigenvalue weighted by atomic mass is 79.9. The van der Waals surface area contributed by atoms with E-state index in [0.29, 0.717) is 4.47 Å². The maximum atomic E-state index is 11.7. The van der Waals surface area contributed by atoms with E-state index in [1.165, 1.54) is 6.20 Å². The second kappa shape index (κ2) is 3.80. The summed E-state index contributed by atoms with van der Waals surface area (Å²) in [7, 11) is 0. The molecular formula is C7H6BrF2NO. The van der Waals surface area contributed by atoms with Gasteiger partial charge in [0.2, 0.25) is 5.88 Å². The molecule has 1 aromatic rings. The third-order valence-corrected chi connectivity index (χ3v) is 2.22. The zero-order chi connectivity index (χ0) is 9.14. The Morgan fingerprint density at radius 1 is 1.58 bits per heavy atom. The van der Waals surface area contributed by atoms with Crippen molar-refractivity contribution in [3.05, 3.63) is 22.3 Å². The number of hydrogen-bond acceptors (Lipinski definition) is 2. The lowest BCUT2D eigenvalue weighted by atomic mass is 10.3. The fourth-order valence-electron chi connectivity index (χ4n) is 0.682. The molecule has 1 rings (SSSR count). The van der Waals surface area contributed by atoms with Crippen molar-refractivity contribution in [2.24, 2.45) is 0 Å². The number of aromatic nitrogens is 1. The molecule has 0 N–H and O–H groups in total. The topological polar surface area (TPSA) is 22.1 Å². The maximum absolute atomic E-state index is 11.7. The monoisotopic (exact) mass is 237 g/mol. The Labute approximate surface area is 76.7 Å². The largest absolute Gasteiger partial charge is 0.416 e. The Kier molecular flexibility index (Phi) is 2.97. The first-order valence-electron chi connectivity index (χ1n) is 3.17. The normalized spacial score (nSPS) is 10.4. The highest BCUT2D eigenvalue weighted by Crippen LogP contribution is 2.26. The van der Waals surface area contributed by atoms with E-state index in [1.807, 2.05) is 0 Å². The van der Waals surface area contributed by atoms with Gasteiger partial charge in [-0.2, -0.15) is 8.78 Å². The first kappa shape index (κ1) is 9.38. The SMILES string of the molecule is Cc1ccnc(OC(F)F)c1Br. The molecule has 0 aliphatic heterocycles. The summed E-state index contributed by atoms with van der Waals surface area (Å²) in [5.41, 5.74) is 0.806. The molecule has 66 valence electrons. The van der Waals surface area contributed by atoms with Gasteiger partial charge in [-0.1, -0.05) is 0 Å². The van der Waals surface area contributed by atoms with Crippen LogP contribution in [0.2, 0.25) is 0 Å². The summed E-state index contributed by atoms with van der Waals surface area (Å²) in [5, 5.41) is 0. The van der Waals surface area contributed by atoms with Crippen LogP contribution in [0.15, 0.2) is 16.7 Å². The Hall–Kier alpha value is -0.710. The molecule has 0 amide bonds. The van der Waals surface area contributed by atoms with Crippen LogP contribution in [0.1, 0.15) is 5.56 Å². The van der Waals surface area contributed by atoms with Crippen molar-refractivity contribution in [2.75, 3.05) is 0 Å². The smallest absolute Gasteiger partial charge is 0.388 e. The van der Waals surface area contributed by atoms with Gasteiger partial charge in [0.15, 0.2) is 0 Å². The third kappa shape index (κ3) is 2.14. The molecule has 0 unspecified atom stereocenters. The molecule has 0 spiro atoms. The van der Waals surface area contributed by atoms with Gasteiger partial charge in [0.05, 0.1) is 4.47 Å². The average Bonchev–Trinajstić information content (AvgIpc) is 1.98. The first-order chi connectivity index (χ1) is 5.61. The molecule has 0 aliphatic rings. The lowest BCUT2D eigenvalue weighted by molar-refractivity contribution is -0.0534. The Balaban J connectivity index is 2.92. The molecule has 0 saturated carbocycles. The van der Waals surface area contributed by atoms with E-state index in [0.717, 1.165) is 5.56 Å². The van der Waals surface area contributed by atoms with Crippen molar-refractivity contribution in [3.8, 4) is 5.88 Å². The summed E-state index contributed by atoms with van der Waals surface area (Å²) < 4.78 is 28.1. The predicted molar refractivity (Wildman–Crippen MR) is 43.3 cm³/mol. The van der Waals surface area contributed by atoms with Gasteiger partial charge in [-0.25, -0.2) is 4.98 Å². The Morgan fingerprint density at radius 3 is 2.83 bits per heavy atom. The number of nitrogens with zero attached hydrogens (tertiary/aromatic N) is 1. The molecule has 0 aromatic carbocycles. The van der Waals surface area contributed by atoms with E-state index in [9.17, 15) is 8.78 Å². The standard InChI is InChI=1S/C7H6BrF2NO/c1-4-2-3-11-6(5(4)8)12-7(9)10/h2-3,7H,1H3. The van der Waals surface area contributed by atoms with Gasteiger partial charge in [0, 0.05) is 6.20 Å². The molecule has 5 heteroatoms. The van der Waals surface area contributed by atoms with Crippen molar-refractivity contribution in [2.45, 2.75) is 13.5 Å². The lowest BCUT2D eigenvalue weighted by Crippen LogP contribution is -2.04. The van der Waals surface area contributed by atoms with Crippen LogP contribution in [0.25, 0.3) is 0 Å². The molecule has 2 nitrogen and oxygen atoms in total. The number of hydrogen-bond donors (Lipinski definition) is 0. The summed E-state index contributed by atoms with van der Waals surface area (Å²) in [6, 6.07) is 1.70. The third-order valence-electron chi connectivity index (χ3n) is 1.25. The van der Waals surface area contributed by atoms with Crippen LogP contribution < -0.4 is 4.74 Å². The second-order valence-electron chi connectivity index (χ2n) is 2.13. The Morgan fingerprint density at radius 2 is 2.25 bits per heavy atom. The fraction of sp³-hybridized carbons (Fsp3) is 0.286. The molecule has 0 bridgehead atoms. The molecule has 0 saturated heterocycles. The first-order valence-corrected chi connectivity index (χ1v) is 3.96. The van der Waals surface area contributed by atoms with Crippen molar-refractivity contribution in [1.82, 2.24) is 4.98 Å². The van der Waals surface area contributed by atoms with E-state index in [1.54, 1.807) is 13.0 Å². The molecular weight excluding hydrogens is 232 g/mol. The van der Waals surface area contributed by atoms with Crippen molar-refractivity contribution in [1.29, 1.82) is 0 Å². The van der Waals surface area contributed by atoms with Gasteiger partial charge in [0.25, 0.3) is 0 Å². The van der Waals surface area contributed by atoms with Crippen molar-refractivity contribution in [3.63, 3.8) is 0 Å². The summed E-state index contributed by atoms with van der Waals surface area (Å²) >= 11 is 3.09. The summed E-state index contributed by atoms with van der Waals surface area (Å²) in [4.78, 5) is 3.63. The van der Waals surface area contributed by atoms with Crippen LogP contribution in [0.4, 0.5) is 8.78 Å². The summed E-state index contributed by atoms with van der Waals surface area (Å²) in [5.74, 6) is -0.0787. The molecule has 0 atom stereocenters. The summed E-state index contributed by atoms with van der Waals surface area (Å²) in [6.07, 6.45) is 1.41. The number of halogens is 3. The van der Waals surface area contributed by atoms with E-state index in [4.69, 9.17) is 0 Å². The van der Waals surface area contributed by atoms with Crippen LogP contribution in [-0.2, 0) is 0 Å². The minimum atomic E-state index is -2.84. The molecule has 0 fully saturated rings. The van der Waals surface area contributed by atoms with Crippen LogP contribution >= 0.6 is 15.9 Å². The van der Waals surface area contributed by atoms with Gasteiger partial charge in [-0.15, -0.1) is 0 Å². The Bertz CT molecular complexity index is 280. The highest BCUT2D eigenvalue weighted by Gasteiger charge is 2.10.